The van der Waals surface area contributed by atoms with Crippen LogP contribution in [0.25, 0.3) is 0 Å². The van der Waals surface area contributed by atoms with Crippen LogP contribution in [0.3, 0.4) is 0 Å². The minimum absolute atomic E-state index is 0.0773. The zero-order valence-electron chi connectivity index (χ0n) is 11.2. The average Bonchev–Trinajstić information content (AvgIpc) is 2.32. The standard InChI is InChI=1S/C15H20ClNO/c1-10-4-5-13(12(3)8-10)15(18)17-7-6-11(2)14(16)9-17/h4-5,8,11,14H,6-7,9H2,1-3H3. The van der Waals surface area contributed by atoms with Gasteiger partial charge in [-0.25, -0.2) is 0 Å². The van der Waals surface area contributed by atoms with Crippen LogP contribution in [0.1, 0.15) is 34.8 Å². The summed E-state index contributed by atoms with van der Waals surface area (Å²) in [6, 6.07) is 5.97. The third kappa shape index (κ3) is 2.69. The maximum atomic E-state index is 12.5. The summed E-state index contributed by atoms with van der Waals surface area (Å²) in [6.07, 6.45) is 0.991. The zero-order chi connectivity index (χ0) is 13.3. The lowest BCUT2D eigenvalue weighted by Gasteiger charge is -2.34. The summed E-state index contributed by atoms with van der Waals surface area (Å²) in [5.74, 6) is 0.611. The van der Waals surface area contributed by atoms with Crippen LogP contribution in [0.15, 0.2) is 18.2 Å². The second-order valence-electron chi connectivity index (χ2n) is 5.35. The molecule has 0 bridgehead atoms. The Kier molecular flexibility index (Phi) is 3.96. The van der Waals surface area contributed by atoms with Crippen molar-refractivity contribution in [2.24, 2.45) is 5.92 Å². The summed E-state index contributed by atoms with van der Waals surface area (Å²) < 4.78 is 0. The van der Waals surface area contributed by atoms with Crippen molar-refractivity contribution in [3.63, 3.8) is 0 Å². The van der Waals surface area contributed by atoms with Crippen molar-refractivity contribution in [2.75, 3.05) is 13.1 Å². The van der Waals surface area contributed by atoms with Crippen LogP contribution in [0.2, 0.25) is 0 Å². The molecule has 2 unspecified atom stereocenters. The van der Waals surface area contributed by atoms with Crippen LogP contribution in [0.4, 0.5) is 0 Å². The van der Waals surface area contributed by atoms with Gasteiger partial charge < -0.3 is 4.90 Å². The number of carbonyl (C=O) groups excluding carboxylic acids is 1. The topological polar surface area (TPSA) is 20.3 Å². The Balaban J connectivity index is 2.16. The highest BCUT2D eigenvalue weighted by atomic mass is 35.5. The van der Waals surface area contributed by atoms with E-state index in [2.05, 4.69) is 13.0 Å². The molecule has 0 N–H and O–H groups in total. The molecule has 1 amide bonds. The van der Waals surface area contributed by atoms with Crippen LogP contribution in [0, 0.1) is 19.8 Å². The van der Waals surface area contributed by atoms with E-state index in [1.165, 1.54) is 5.56 Å². The van der Waals surface area contributed by atoms with Gasteiger partial charge in [0.15, 0.2) is 0 Å². The lowest BCUT2D eigenvalue weighted by Crippen LogP contribution is -2.44. The molecule has 1 fully saturated rings. The van der Waals surface area contributed by atoms with Gasteiger partial charge in [-0.15, -0.1) is 11.6 Å². The van der Waals surface area contributed by atoms with Crippen molar-refractivity contribution in [3.8, 4) is 0 Å². The van der Waals surface area contributed by atoms with Crippen LogP contribution in [-0.2, 0) is 0 Å². The van der Waals surface area contributed by atoms with Gasteiger partial charge in [0.1, 0.15) is 0 Å². The van der Waals surface area contributed by atoms with Gasteiger partial charge in [-0.2, -0.15) is 0 Å². The molecule has 2 atom stereocenters. The lowest BCUT2D eigenvalue weighted by atomic mass is 9.97. The third-order valence-corrected chi connectivity index (χ3v) is 4.33. The predicted octanol–water partition coefficient (Wildman–Crippen LogP) is 3.39. The lowest BCUT2D eigenvalue weighted by molar-refractivity contribution is 0.0700. The fourth-order valence-electron chi connectivity index (χ4n) is 2.43. The van der Waals surface area contributed by atoms with Crippen molar-refractivity contribution in [1.82, 2.24) is 4.90 Å². The van der Waals surface area contributed by atoms with Crippen molar-refractivity contribution < 1.29 is 4.79 Å². The number of amides is 1. The molecule has 1 saturated heterocycles. The number of alkyl halides is 1. The summed E-state index contributed by atoms with van der Waals surface area (Å²) in [5.41, 5.74) is 3.04. The van der Waals surface area contributed by atoms with Crippen LogP contribution in [-0.4, -0.2) is 29.3 Å². The summed E-state index contributed by atoms with van der Waals surface area (Å²) in [6.45, 7) is 7.66. The van der Waals surface area contributed by atoms with E-state index in [0.29, 0.717) is 12.5 Å². The van der Waals surface area contributed by atoms with Gasteiger partial charge in [0.05, 0.1) is 5.38 Å². The number of piperidine rings is 1. The molecule has 1 aromatic rings. The third-order valence-electron chi connectivity index (χ3n) is 3.77. The largest absolute Gasteiger partial charge is 0.337 e. The molecule has 3 heteroatoms. The highest BCUT2D eigenvalue weighted by molar-refractivity contribution is 6.21. The van der Waals surface area contributed by atoms with E-state index in [4.69, 9.17) is 11.6 Å². The minimum Gasteiger partial charge on any atom is -0.337 e. The number of carbonyl (C=O) groups is 1. The molecule has 2 nitrogen and oxygen atoms in total. The zero-order valence-corrected chi connectivity index (χ0v) is 12.0. The molecule has 0 spiro atoms. The molecule has 0 aliphatic carbocycles. The Morgan fingerprint density at radius 2 is 2.11 bits per heavy atom. The van der Waals surface area contributed by atoms with E-state index in [0.717, 1.165) is 24.1 Å². The van der Waals surface area contributed by atoms with Gasteiger partial charge in [0, 0.05) is 18.7 Å². The van der Waals surface area contributed by atoms with Crippen LogP contribution >= 0.6 is 11.6 Å². The summed E-state index contributed by atoms with van der Waals surface area (Å²) in [7, 11) is 0. The number of rotatable bonds is 1. The first-order valence-corrected chi connectivity index (χ1v) is 6.93. The number of hydrogen-bond donors (Lipinski definition) is 0. The molecular formula is C15H20ClNO. The van der Waals surface area contributed by atoms with E-state index in [9.17, 15) is 4.79 Å². The number of nitrogens with zero attached hydrogens (tertiary/aromatic N) is 1. The second kappa shape index (κ2) is 5.31. The first-order valence-electron chi connectivity index (χ1n) is 6.49. The normalized spacial score (nSPS) is 24.1. The molecule has 18 heavy (non-hydrogen) atoms. The second-order valence-corrected chi connectivity index (χ2v) is 5.91. The fourth-order valence-corrected chi connectivity index (χ4v) is 2.72. The van der Waals surface area contributed by atoms with Crippen molar-refractivity contribution >= 4 is 17.5 Å². The van der Waals surface area contributed by atoms with E-state index in [-0.39, 0.29) is 11.3 Å². The van der Waals surface area contributed by atoms with Crippen molar-refractivity contribution in [1.29, 1.82) is 0 Å². The molecule has 2 rings (SSSR count). The number of likely N-dealkylation sites (tertiary alicyclic amines) is 1. The van der Waals surface area contributed by atoms with Crippen molar-refractivity contribution in [2.45, 2.75) is 32.6 Å². The smallest absolute Gasteiger partial charge is 0.254 e. The Morgan fingerprint density at radius 3 is 2.72 bits per heavy atom. The monoisotopic (exact) mass is 265 g/mol. The van der Waals surface area contributed by atoms with Crippen LogP contribution < -0.4 is 0 Å². The Morgan fingerprint density at radius 1 is 1.39 bits per heavy atom. The number of benzene rings is 1. The molecule has 1 heterocycles. The molecule has 1 aliphatic heterocycles. The van der Waals surface area contributed by atoms with Crippen molar-refractivity contribution in [3.05, 3.63) is 34.9 Å². The average molecular weight is 266 g/mol. The number of halogens is 1. The SMILES string of the molecule is Cc1ccc(C(=O)N2CCC(C)C(Cl)C2)c(C)c1. The van der Waals surface area contributed by atoms with Gasteiger partial charge >= 0.3 is 0 Å². The highest BCUT2D eigenvalue weighted by Crippen LogP contribution is 2.24. The summed E-state index contributed by atoms with van der Waals surface area (Å²) in [5, 5.41) is 0.0773. The van der Waals surface area contributed by atoms with E-state index in [1.807, 2.05) is 30.9 Å². The summed E-state index contributed by atoms with van der Waals surface area (Å²) >= 11 is 6.26. The quantitative estimate of drug-likeness (QED) is 0.713. The highest BCUT2D eigenvalue weighted by Gasteiger charge is 2.28. The first-order chi connectivity index (χ1) is 8.49. The maximum Gasteiger partial charge on any atom is 0.254 e. The molecule has 1 aromatic carbocycles. The summed E-state index contributed by atoms with van der Waals surface area (Å²) in [4.78, 5) is 14.3. The van der Waals surface area contributed by atoms with Gasteiger partial charge in [0.25, 0.3) is 5.91 Å². The molecule has 1 aliphatic rings. The first kappa shape index (κ1) is 13.4. The molecule has 0 aromatic heterocycles. The van der Waals surface area contributed by atoms with E-state index >= 15 is 0 Å². The molecule has 98 valence electrons. The van der Waals surface area contributed by atoms with Gasteiger partial charge in [0.2, 0.25) is 0 Å². The van der Waals surface area contributed by atoms with Gasteiger partial charge in [-0.1, -0.05) is 24.6 Å². The molecular weight excluding hydrogens is 246 g/mol. The van der Waals surface area contributed by atoms with Gasteiger partial charge in [-0.3, -0.25) is 4.79 Å². The fraction of sp³-hybridized carbons (Fsp3) is 0.533. The number of aryl methyl sites for hydroxylation is 2. The van der Waals surface area contributed by atoms with Gasteiger partial charge in [-0.05, 0) is 37.8 Å². The Hall–Kier alpha value is -1.02. The Bertz CT molecular complexity index is 458. The number of hydrogen-bond acceptors (Lipinski definition) is 1. The maximum absolute atomic E-state index is 12.5. The Labute approximate surface area is 114 Å². The van der Waals surface area contributed by atoms with E-state index < -0.39 is 0 Å². The molecule has 0 radical (unpaired) electrons. The minimum atomic E-state index is 0.0773. The van der Waals surface area contributed by atoms with Crippen LogP contribution in [0.5, 0.6) is 0 Å². The van der Waals surface area contributed by atoms with E-state index in [1.54, 1.807) is 0 Å². The molecule has 0 saturated carbocycles. The predicted molar refractivity (Wildman–Crippen MR) is 75.2 cm³/mol.